The molecule has 0 aliphatic heterocycles. The summed E-state index contributed by atoms with van der Waals surface area (Å²) < 4.78 is 15.4. The van der Waals surface area contributed by atoms with Gasteiger partial charge in [0.2, 0.25) is 11.7 Å². The molecule has 1 heterocycles. The number of methoxy groups -OCH3 is 1. The molecule has 1 N–H and O–H groups in total. The van der Waals surface area contributed by atoms with Gasteiger partial charge in [-0.05, 0) is 19.1 Å². The maximum absolute atomic E-state index is 9.62. The molecule has 1 unspecified atom stereocenters. The molecule has 0 saturated heterocycles. The van der Waals surface area contributed by atoms with Crippen LogP contribution in [0.5, 0.6) is 5.75 Å². The Bertz CT molecular complexity index is 541. The summed E-state index contributed by atoms with van der Waals surface area (Å²) >= 11 is 0. The van der Waals surface area contributed by atoms with Crippen LogP contribution in [0.1, 0.15) is 12.8 Å². The van der Waals surface area contributed by atoms with Gasteiger partial charge in [0, 0.05) is 12.7 Å². The van der Waals surface area contributed by atoms with E-state index in [0.29, 0.717) is 18.3 Å². The second kappa shape index (κ2) is 7.02. The molecule has 6 heteroatoms. The number of nitrogens with zero attached hydrogens (tertiary/aromatic N) is 2. The Hall–Kier alpha value is -1.92. The van der Waals surface area contributed by atoms with Gasteiger partial charge in [0.1, 0.15) is 5.75 Å². The topological polar surface area (TPSA) is 77.6 Å². The molecule has 1 aromatic heterocycles. The molecular weight excluding hydrogens is 260 g/mol. The molecule has 2 rings (SSSR count). The van der Waals surface area contributed by atoms with Crippen LogP contribution in [-0.4, -0.2) is 41.7 Å². The summed E-state index contributed by atoms with van der Waals surface area (Å²) in [6.07, 6.45) is -0.380. The van der Waals surface area contributed by atoms with Gasteiger partial charge in [0.05, 0.1) is 25.7 Å². The SMILES string of the molecule is CCOc1cccc(-c2noc(CC(O)COC)n2)c1. The summed E-state index contributed by atoms with van der Waals surface area (Å²) in [7, 11) is 1.53. The van der Waals surface area contributed by atoms with Crippen LogP contribution in [0.2, 0.25) is 0 Å². The van der Waals surface area contributed by atoms with Crippen LogP contribution in [-0.2, 0) is 11.2 Å². The molecule has 2 aromatic rings. The molecule has 0 spiro atoms. The van der Waals surface area contributed by atoms with Gasteiger partial charge in [-0.1, -0.05) is 17.3 Å². The van der Waals surface area contributed by atoms with Gasteiger partial charge in [-0.3, -0.25) is 0 Å². The van der Waals surface area contributed by atoms with Crippen LogP contribution >= 0.6 is 0 Å². The number of aromatic nitrogens is 2. The highest BCUT2D eigenvalue weighted by Gasteiger charge is 2.13. The number of rotatable bonds is 7. The summed E-state index contributed by atoms with van der Waals surface area (Å²) in [5.41, 5.74) is 0.812. The third-order valence-corrected chi connectivity index (χ3v) is 2.64. The Morgan fingerprint density at radius 2 is 2.25 bits per heavy atom. The van der Waals surface area contributed by atoms with Crippen molar-refractivity contribution in [2.45, 2.75) is 19.4 Å². The molecule has 20 heavy (non-hydrogen) atoms. The average molecular weight is 278 g/mol. The molecule has 108 valence electrons. The second-order valence-corrected chi connectivity index (χ2v) is 4.29. The van der Waals surface area contributed by atoms with Crippen LogP contribution in [0.4, 0.5) is 0 Å². The van der Waals surface area contributed by atoms with Crippen molar-refractivity contribution in [2.75, 3.05) is 20.3 Å². The summed E-state index contributed by atoms with van der Waals surface area (Å²) in [6.45, 7) is 2.76. The number of aliphatic hydroxyl groups is 1. The fourth-order valence-corrected chi connectivity index (χ4v) is 1.80. The van der Waals surface area contributed by atoms with Crippen LogP contribution in [0.3, 0.4) is 0 Å². The summed E-state index contributed by atoms with van der Waals surface area (Å²) in [5.74, 6) is 1.62. The Balaban J connectivity index is 2.10. The lowest BCUT2D eigenvalue weighted by atomic mass is 10.2. The maximum atomic E-state index is 9.62. The second-order valence-electron chi connectivity index (χ2n) is 4.29. The molecule has 0 aliphatic carbocycles. The van der Waals surface area contributed by atoms with Crippen LogP contribution in [0, 0.1) is 0 Å². The van der Waals surface area contributed by atoms with E-state index in [0.717, 1.165) is 11.3 Å². The van der Waals surface area contributed by atoms with E-state index in [2.05, 4.69) is 10.1 Å². The lowest BCUT2D eigenvalue weighted by Crippen LogP contribution is -2.17. The van der Waals surface area contributed by atoms with Gasteiger partial charge >= 0.3 is 0 Å². The van der Waals surface area contributed by atoms with E-state index in [1.54, 1.807) is 0 Å². The molecule has 0 fully saturated rings. The highest BCUT2D eigenvalue weighted by Crippen LogP contribution is 2.21. The summed E-state index contributed by atoms with van der Waals surface area (Å²) in [6, 6.07) is 7.47. The molecule has 0 aliphatic rings. The first-order valence-corrected chi connectivity index (χ1v) is 6.45. The van der Waals surface area contributed by atoms with E-state index in [9.17, 15) is 5.11 Å². The summed E-state index contributed by atoms with van der Waals surface area (Å²) in [5, 5.41) is 13.5. The first kappa shape index (κ1) is 14.5. The monoisotopic (exact) mass is 278 g/mol. The van der Waals surface area contributed by atoms with Crippen molar-refractivity contribution in [1.29, 1.82) is 0 Å². The van der Waals surface area contributed by atoms with Crippen LogP contribution < -0.4 is 4.74 Å². The zero-order chi connectivity index (χ0) is 14.4. The molecule has 6 nitrogen and oxygen atoms in total. The van der Waals surface area contributed by atoms with Gasteiger partial charge in [-0.2, -0.15) is 4.98 Å². The fourth-order valence-electron chi connectivity index (χ4n) is 1.80. The minimum atomic E-state index is -0.650. The first-order valence-electron chi connectivity index (χ1n) is 6.45. The highest BCUT2D eigenvalue weighted by atomic mass is 16.5. The predicted octanol–water partition coefficient (Wildman–Crippen LogP) is 1.69. The number of aliphatic hydroxyl groups excluding tert-OH is 1. The predicted molar refractivity (Wildman–Crippen MR) is 72.5 cm³/mol. The van der Waals surface area contributed by atoms with Crippen LogP contribution in [0.25, 0.3) is 11.4 Å². The van der Waals surface area contributed by atoms with Crippen molar-refractivity contribution >= 4 is 0 Å². The molecule has 0 radical (unpaired) electrons. The molecule has 1 atom stereocenters. The lowest BCUT2D eigenvalue weighted by Gasteiger charge is -2.04. The minimum Gasteiger partial charge on any atom is -0.494 e. The quantitative estimate of drug-likeness (QED) is 0.830. The highest BCUT2D eigenvalue weighted by molar-refractivity contribution is 5.56. The number of ether oxygens (including phenoxy) is 2. The van der Waals surface area contributed by atoms with Crippen molar-refractivity contribution in [3.63, 3.8) is 0 Å². The standard InChI is InChI=1S/C14H18N2O4/c1-3-19-12-6-4-5-10(7-12)14-15-13(20-16-14)8-11(17)9-18-2/h4-7,11,17H,3,8-9H2,1-2H3. The fraction of sp³-hybridized carbons (Fsp3) is 0.429. The van der Waals surface area contributed by atoms with Crippen molar-refractivity contribution in [3.05, 3.63) is 30.2 Å². The zero-order valence-electron chi connectivity index (χ0n) is 11.6. The van der Waals surface area contributed by atoms with Crippen molar-refractivity contribution in [2.24, 2.45) is 0 Å². The smallest absolute Gasteiger partial charge is 0.229 e. The molecule has 0 amide bonds. The molecule has 0 saturated carbocycles. The van der Waals surface area contributed by atoms with Gasteiger partial charge in [-0.15, -0.1) is 0 Å². The van der Waals surface area contributed by atoms with Gasteiger partial charge < -0.3 is 19.1 Å². The number of hydrogen-bond donors (Lipinski definition) is 1. The van der Waals surface area contributed by atoms with E-state index in [1.807, 2.05) is 31.2 Å². The van der Waals surface area contributed by atoms with E-state index >= 15 is 0 Å². The van der Waals surface area contributed by atoms with Crippen molar-refractivity contribution < 1.29 is 19.1 Å². The normalized spacial score (nSPS) is 12.3. The Kier molecular flexibility index (Phi) is 5.09. The van der Waals surface area contributed by atoms with Gasteiger partial charge in [-0.25, -0.2) is 0 Å². The largest absolute Gasteiger partial charge is 0.494 e. The van der Waals surface area contributed by atoms with Crippen molar-refractivity contribution in [3.8, 4) is 17.1 Å². The van der Waals surface area contributed by atoms with E-state index in [4.69, 9.17) is 14.0 Å². The Morgan fingerprint density at radius 1 is 1.40 bits per heavy atom. The van der Waals surface area contributed by atoms with E-state index in [-0.39, 0.29) is 13.0 Å². The third kappa shape index (κ3) is 3.79. The molecule has 0 bridgehead atoms. The number of benzene rings is 1. The molecular formula is C14H18N2O4. The van der Waals surface area contributed by atoms with Crippen molar-refractivity contribution in [1.82, 2.24) is 10.1 Å². The number of hydrogen-bond acceptors (Lipinski definition) is 6. The summed E-state index contributed by atoms with van der Waals surface area (Å²) in [4.78, 5) is 4.26. The lowest BCUT2D eigenvalue weighted by molar-refractivity contribution is 0.0599. The van der Waals surface area contributed by atoms with E-state index < -0.39 is 6.10 Å². The Labute approximate surface area is 117 Å². The third-order valence-electron chi connectivity index (χ3n) is 2.64. The van der Waals surface area contributed by atoms with E-state index in [1.165, 1.54) is 7.11 Å². The van der Waals surface area contributed by atoms with Crippen LogP contribution in [0.15, 0.2) is 28.8 Å². The van der Waals surface area contributed by atoms with Gasteiger partial charge in [0.25, 0.3) is 0 Å². The van der Waals surface area contributed by atoms with Gasteiger partial charge in [0.15, 0.2) is 0 Å². The maximum Gasteiger partial charge on any atom is 0.229 e. The Morgan fingerprint density at radius 3 is 3.00 bits per heavy atom. The first-order chi connectivity index (χ1) is 9.72. The zero-order valence-corrected chi connectivity index (χ0v) is 11.6. The minimum absolute atomic E-state index is 0.234. The molecule has 1 aromatic carbocycles. The average Bonchev–Trinajstić information content (AvgIpc) is 2.88.